The maximum Gasteiger partial charge on any atom is 0.319 e. The summed E-state index contributed by atoms with van der Waals surface area (Å²) < 4.78 is 29.0. The number of rotatable bonds is 7. The number of phenols is 1. The summed E-state index contributed by atoms with van der Waals surface area (Å²) in [6, 6.07) is 10.1. The van der Waals surface area contributed by atoms with Crippen molar-refractivity contribution in [3.05, 3.63) is 52.3 Å². The lowest BCUT2D eigenvalue weighted by Gasteiger charge is -2.35. The largest absolute Gasteiger partial charge is 0.508 e. The molecule has 1 aliphatic carbocycles. The highest BCUT2D eigenvalue weighted by molar-refractivity contribution is 6.35. The summed E-state index contributed by atoms with van der Waals surface area (Å²) >= 11 is 6.97. The molecule has 0 amide bonds. The minimum atomic E-state index is -0.524. The van der Waals surface area contributed by atoms with Gasteiger partial charge in [-0.25, -0.2) is 4.39 Å². The lowest BCUT2D eigenvalue weighted by Crippen LogP contribution is -2.51. The molecule has 4 aromatic rings. The molecule has 0 saturated carbocycles. The Morgan fingerprint density at radius 3 is 2.56 bits per heavy atom. The van der Waals surface area contributed by atoms with Crippen LogP contribution in [0.3, 0.4) is 0 Å². The van der Waals surface area contributed by atoms with Gasteiger partial charge in [0.1, 0.15) is 17.1 Å². The number of nitrogens with one attached hydrogen (secondary N) is 1. The first-order valence-corrected chi connectivity index (χ1v) is 16.7. The molecule has 3 aliphatic heterocycles. The van der Waals surface area contributed by atoms with Crippen LogP contribution in [0.5, 0.6) is 11.8 Å². The van der Waals surface area contributed by atoms with Crippen LogP contribution in [-0.4, -0.2) is 83.6 Å². The molecule has 4 unspecified atom stereocenters. The van der Waals surface area contributed by atoms with Gasteiger partial charge in [0.2, 0.25) is 0 Å². The van der Waals surface area contributed by atoms with Gasteiger partial charge in [-0.3, -0.25) is 4.90 Å². The summed E-state index contributed by atoms with van der Waals surface area (Å²) in [5, 5.41) is 17.0. The molecule has 8 nitrogen and oxygen atoms in total. The van der Waals surface area contributed by atoms with Crippen molar-refractivity contribution in [2.24, 2.45) is 0 Å². The van der Waals surface area contributed by atoms with Crippen LogP contribution in [-0.2, 0) is 17.6 Å². The summed E-state index contributed by atoms with van der Waals surface area (Å²) in [5.41, 5.74) is 3.45. The number of aromatic nitrogens is 2. The predicted molar refractivity (Wildman–Crippen MR) is 175 cm³/mol. The van der Waals surface area contributed by atoms with Crippen LogP contribution in [0.25, 0.3) is 32.8 Å². The lowest BCUT2D eigenvalue weighted by molar-refractivity contribution is -0.0686. The van der Waals surface area contributed by atoms with E-state index in [1.165, 1.54) is 11.1 Å². The Labute approximate surface area is 267 Å². The van der Waals surface area contributed by atoms with Gasteiger partial charge in [-0.15, -0.1) is 0 Å². The molecular weight excluding hydrogens is 593 g/mol. The first-order valence-electron chi connectivity index (χ1n) is 16.3. The van der Waals surface area contributed by atoms with Crippen molar-refractivity contribution in [1.29, 1.82) is 0 Å². The summed E-state index contributed by atoms with van der Waals surface area (Å²) in [5.74, 6) is 0.200. The number of aryl methyl sites for hydroxylation is 2. The van der Waals surface area contributed by atoms with Gasteiger partial charge in [0, 0.05) is 55.8 Å². The van der Waals surface area contributed by atoms with E-state index in [2.05, 4.69) is 40.0 Å². The molecule has 4 aliphatic rings. The number of anilines is 1. The molecule has 3 fully saturated rings. The van der Waals surface area contributed by atoms with Crippen molar-refractivity contribution in [3.8, 4) is 22.9 Å². The monoisotopic (exact) mass is 631 g/mol. The van der Waals surface area contributed by atoms with Crippen LogP contribution in [0.1, 0.15) is 44.2 Å². The Balaban J connectivity index is 1.18. The number of fused-ring (bicyclic) bond motifs is 6. The fourth-order valence-corrected chi connectivity index (χ4v) is 8.26. The molecule has 236 valence electrons. The van der Waals surface area contributed by atoms with E-state index in [4.69, 9.17) is 26.1 Å². The Morgan fingerprint density at radius 1 is 1.04 bits per heavy atom. The van der Waals surface area contributed by atoms with E-state index in [-0.39, 0.29) is 40.1 Å². The molecule has 8 rings (SSSR count). The van der Waals surface area contributed by atoms with Crippen LogP contribution in [0.15, 0.2) is 30.3 Å². The number of piperazine rings is 1. The Bertz CT molecular complexity index is 1780. The van der Waals surface area contributed by atoms with Crippen molar-refractivity contribution in [2.45, 2.75) is 70.2 Å². The van der Waals surface area contributed by atoms with Gasteiger partial charge in [0.15, 0.2) is 5.82 Å². The standard InChI is InChI=1S/C35H39ClFN5O3/c1-19-15-41(16-20(2)45-19)10-3-11-44-35-39-33-28(34(40-35)42-17-23-7-8-24(18-42)38-23)14-29(36)31(32(33)37)27-13-25(43)12-22-5-4-21-6-9-26(21)30(22)27/h4-5,12-14,19-20,23-24,38,43H,3,6-11,15-18H2,1-2H3. The molecule has 2 N–H and O–H groups in total. The quantitative estimate of drug-likeness (QED) is 0.245. The lowest BCUT2D eigenvalue weighted by atomic mass is 9.81. The first kappa shape index (κ1) is 29.2. The molecule has 4 heterocycles. The van der Waals surface area contributed by atoms with E-state index in [1.54, 1.807) is 18.2 Å². The second kappa shape index (κ2) is 11.5. The average Bonchev–Trinajstić information content (AvgIpc) is 3.32. The van der Waals surface area contributed by atoms with E-state index in [0.717, 1.165) is 75.6 Å². The van der Waals surface area contributed by atoms with Crippen molar-refractivity contribution in [2.75, 3.05) is 44.2 Å². The number of benzene rings is 3. The molecule has 0 radical (unpaired) electrons. The number of hydrogen-bond donors (Lipinski definition) is 2. The van der Waals surface area contributed by atoms with Crippen molar-refractivity contribution >= 4 is 39.1 Å². The van der Waals surface area contributed by atoms with Crippen LogP contribution in [0.4, 0.5) is 10.2 Å². The zero-order valence-electron chi connectivity index (χ0n) is 25.8. The van der Waals surface area contributed by atoms with Gasteiger partial charge in [0.25, 0.3) is 0 Å². The van der Waals surface area contributed by atoms with Gasteiger partial charge >= 0.3 is 6.01 Å². The van der Waals surface area contributed by atoms with Crippen LogP contribution >= 0.6 is 11.6 Å². The van der Waals surface area contributed by atoms with Gasteiger partial charge in [-0.05, 0) is 91.6 Å². The van der Waals surface area contributed by atoms with Crippen LogP contribution in [0, 0.1) is 5.82 Å². The SMILES string of the molecule is CC1CN(CCCOc2nc(N3CC4CCC(C3)N4)c3cc(Cl)c(-c4cc(O)cc5ccc6c(c45)CC6)c(F)c3n2)CC(C)O1. The molecule has 1 aromatic heterocycles. The number of morpholine rings is 1. The summed E-state index contributed by atoms with van der Waals surface area (Å²) in [7, 11) is 0. The molecule has 4 atom stereocenters. The third-order valence-electron chi connectivity index (χ3n) is 9.92. The predicted octanol–water partition coefficient (Wildman–Crippen LogP) is 5.87. The van der Waals surface area contributed by atoms with Crippen molar-refractivity contribution in [1.82, 2.24) is 20.2 Å². The third kappa shape index (κ3) is 5.37. The van der Waals surface area contributed by atoms with E-state index >= 15 is 4.39 Å². The molecule has 3 aromatic carbocycles. The van der Waals surface area contributed by atoms with E-state index in [9.17, 15) is 5.11 Å². The molecule has 45 heavy (non-hydrogen) atoms. The zero-order chi connectivity index (χ0) is 30.8. The Kier molecular flexibility index (Phi) is 7.48. The number of nitrogens with zero attached hydrogens (tertiary/aromatic N) is 4. The fraction of sp³-hybridized carbons (Fsp3) is 0.486. The second-order valence-electron chi connectivity index (χ2n) is 13.3. The van der Waals surface area contributed by atoms with Gasteiger partial charge in [0.05, 0.1) is 23.8 Å². The number of ether oxygens (including phenoxy) is 2. The van der Waals surface area contributed by atoms with Crippen LogP contribution < -0.4 is 15.0 Å². The van der Waals surface area contributed by atoms with Gasteiger partial charge in [-0.1, -0.05) is 23.7 Å². The maximum atomic E-state index is 17.0. The highest BCUT2D eigenvalue weighted by Gasteiger charge is 2.34. The molecule has 10 heteroatoms. The normalized spacial score (nSPS) is 24.7. The number of aromatic hydroxyl groups is 1. The molecular formula is C35H39ClFN5O3. The summed E-state index contributed by atoms with van der Waals surface area (Å²) in [4.78, 5) is 14.2. The Morgan fingerprint density at radius 2 is 1.82 bits per heavy atom. The average molecular weight is 632 g/mol. The fourth-order valence-electron chi connectivity index (χ4n) is 7.97. The topological polar surface area (TPSA) is 83.0 Å². The number of phenolic OH excluding ortho intramolecular Hbond substituents is 1. The molecule has 2 bridgehead atoms. The number of halogens is 2. The third-order valence-corrected chi connectivity index (χ3v) is 10.2. The van der Waals surface area contributed by atoms with Gasteiger partial charge < -0.3 is 24.8 Å². The van der Waals surface area contributed by atoms with E-state index in [1.807, 2.05) is 6.07 Å². The minimum Gasteiger partial charge on any atom is -0.508 e. The smallest absolute Gasteiger partial charge is 0.319 e. The zero-order valence-corrected chi connectivity index (χ0v) is 26.5. The second-order valence-corrected chi connectivity index (χ2v) is 13.7. The van der Waals surface area contributed by atoms with E-state index < -0.39 is 5.82 Å². The molecule has 3 saturated heterocycles. The highest BCUT2D eigenvalue weighted by atomic mass is 35.5. The summed E-state index contributed by atoms with van der Waals surface area (Å²) in [6.07, 6.45) is 5.34. The minimum absolute atomic E-state index is 0.0695. The van der Waals surface area contributed by atoms with Gasteiger partial charge in [-0.2, -0.15) is 9.97 Å². The van der Waals surface area contributed by atoms with Crippen molar-refractivity contribution in [3.63, 3.8) is 0 Å². The number of hydrogen-bond acceptors (Lipinski definition) is 8. The first-order chi connectivity index (χ1) is 21.8. The van der Waals surface area contributed by atoms with Crippen LogP contribution in [0.2, 0.25) is 5.02 Å². The maximum absolute atomic E-state index is 17.0. The summed E-state index contributed by atoms with van der Waals surface area (Å²) in [6.45, 7) is 8.85. The highest BCUT2D eigenvalue weighted by Crippen LogP contribution is 2.45. The molecule has 0 spiro atoms. The van der Waals surface area contributed by atoms with Crippen molar-refractivity contribution < 1.29 is 19.0 Å². The van der Waals surface area contributed by atoms with E-state index in [0.29, 0.717) is 35.5 Å². The Hall–Kier alpha value is -3.24.